The molecule has 7 nitrogen and oxygen atoms in total. The average Bonchev–Trinajstić information content (AvgIpc) is 2.33. The van der Waals surface area contributed by atoms with Crippen LogP contribution in [0.4, 0.5) is 0 Å². The van der Waals surface area contributed by atoms with Crippen LogP contribution in [0.1, 0.15) is 39.5 Å². The molecule has 7 heteroatoms. The first-order chi connectivity index (χ1) is 8.88. The van der Waals surface area contributed by atoms with Crippen molar-refractivity contribution in [2.45, 2.75) is 51.6 Å². The third-order valence-electron chi connectivity index (χ3n) is 2.40. The predicted molar refractivity (Wildman–Crippen MR) is 68.3 cm³/mol. The molecule has 0 aromatic rings. The molecule has 2 atom stereocenters. The molecule has 0 spiro atoms. The zero-order valence-corrected chi connectivity index (χ0v) is 11.3. The number of amides is 1. The Labute approximate surface area is 112 Å². The van der Waals surface area contributed by atoms with Crippen LogP contribution < -0.4 is 11.1 Å². The fraction of sp³-hybridized carbons (Fsp3) is 0.750. The van der Waals surface area contributed by atoms with Gasteiger partial charge in [0.1, 0.15) is 6.04 Å². The molecule has 19 heavy (non-hydrogen) atoms. The van der Waals surface area contributed by atoms with Crippen molar-refractivity contribution in [2.75, 3.05) is 6.61 Å². The van der Waals surface area contributed by atoms with Crippen molar-refractivity contribution in [3.8, 4) is 0 Å². The Hall–Kier alpha value is -1.63. The molecule has 0 aromatic heterocycles. The highest BCUT2D eigenvalue weighted by Crippen LogP contribution is 2.02. The summed E-state index contributed by atoms with van der Waals surface area (Å²) in [6.07, 6.45) is 1.35. The highest BCUT2D eigenvalue weighted by atomic mass is 16.5. The summed E-state index contributed by atoms with van der Waals surface area (Å²) in [5.74, 6) is -2.17. The van der Waals surface area contributed by atoms with E-state index in [-0.39, 0.29) is 19.4 Å². The SMILES string of the molecule is CCCCOC(=O)C(CCC(=O)O)NC(=O)C(C)N. The van der Waals surface area contributed by atoms with Gasteiger partial charge in [0, 0.05) is 6.42 Å². The molecule has 0 rings (SSSR count). The van der Waals surface area contributed by atoms with Crippen LogP contribution >= 0.6 is 0 Å². The quantitative estimate of drug-likeness (QED) is 0.403. The van der Waals surface area contributed by atoms with E-state index in [1.165, 1.54) is 6.92 Å². The lowest BCUT2D eigenvalue weighted by atomic mass is 10.1. The molecule has 0 aliphatic rings. The molecule has 0 saturated carbocycles. The molecule has 0 radical (unpaired) electrons. The van der Waals surface area contributed by atoms with Gasteiger partial charge in [0.15, 0.2) is 0 Å². The number of carboxylic acid groups (broad SMARTS) is 1. The van der Waals surface area contributed by atoms with Gasteiger partial charge in [-0.3, -0.25) is 9.59 Å². The summed E-state index contributed by atoms with van der Waals surface area (Å²) in [5, 5.41) is 11.0. The first kappa shape index (κ1) is 17.4. The van der Waals surface area contributed by atoms with E-state index in [2.05, 4.69) is 5.32 Å². The van der Waals surface area contributed by atoms with Crippen LogP contribution in [0.5, 0.6) is 0 Å². The summed E-state index contributed by atoms with van der Waals surface area (Å²) in [5.41, 5.74) is 5.38. The largest absolute Gasteiger partial charge is 0.481 e. The minimum atomic E-state index is -1.04. The molecule has 0 bridgehead atoms. The second kappa shape index (κ2) is 9.32. The second-order valence-electron chi connectivity index (χ2n) is 4.30. The van der Waals surface area contributed by atoms with Gasteiger partial charge in [-0.2, -0.15) is 0 Å². The number of nitrogens with two attached hydrogens (primary N) is 1. The van der Waals surface area contributed by atoms with Gasteiger partial charge in [0.25, 0.3) is 0 Å². The van der Waals surface area contributed by atoms with Gasteiger partial charge in [0.2, 0.25) is 5.91 Å². The van der Waals surface area contributed by atoms with Crippen molar-refractivity contribution in [3.63, 3.8) is 0 Å². The van der Waals surface area contributed by atoms with Crippen LogP contribution in [-0.4, -0.2) is 41.6 Å². The number of aliphatic carboxylic acids is 1. The van der Waals surface area contributed by atoms with E-state index < -0.39 is 29.9 Å². The summed E-state index contributed by atoms with van der Waals surface area (Å²) >= 11 is 0. The zero-order chi connectivity index (χ0) is 14.8. The van der Waals surface area contributed by atoms with Crippen molar-refractivity contribution >= 4 is 17.8 Å². The van der Waals surface area contributed by atoms with Gasteiger partial charge in [-0.1, -0.05) is 13.3 Å². The second-order valence-corrected chi connectivity index (χ2v) is 4.30. The smallest absolute Gasteiger partial charge is 0.328 e. The third kappa shape index (κ3) is 8.15. The van der Waals surface area contributed by atoms with Crippen LogP contribution in [0, 0.1) is 0 Å². The molecule has 0 fully saturated rings. The Kier molecular flexibility index (Phi) is 8.52. The number of hydrogen-bond donors (Lipinski definition) is 3. The van der Waals surface area contributed by atoms with E-state index in [9.17, 15) is 14.4 Å². The van der Waals surface area contributed by atoms with Gasteiger partial charge in [-0.15, -0.1) is 0 Å². The molecule has 1 amide bonds. The fourth-order valence-corrected chi connectivity index (χ4v) is 1.24. The first-order valence-electron chi connectivity index (χ1n) is 6.32. The summed E-state index contributed by atoms with van der Waals surface area (Å²) in [6.45, 7) is 3.69. The number of carbonyl (C=O) groups excluding carboxylic acids is 2. The number of nitrogens with one attached hydrogen (secondary N) is 1. The highest BCUT2D eigenvalue weighted by molar-refractivity contribution is 5.87. The van der Waals surface area contributed by atoms with E-state index in [1.54, 1.807) is 0 Å². The molecule has 2 unspecified atom stereocenters. The molecule has 4 N–H and O–H groups in total. The van der Waals surface area contributed by atoms with Crippen molar-refractivity contribution in [1.29, 1.82) is 0 Å². The number of hydrogen-bond acceptors (Lipinski definition) is 5. The summed E-state index contributed by atoms with van der Waals surface area (Å²) in [4.78, 5) is 33.7. The Balaban J connectivity index is 4.42. The van der Waals surface area contributed by atoms with Crippen LogP contribution in [0.25, 0.3) is 0 Å². The van der Waals surface area contributed by atoms with Gasteiger partial charge in [0.05, 0.1) is 12.6 Å². The number of unbranched alkanes of at least 4 members (excludes halogenated alkanes) is 1. The number of carboxylic acids is 1. The van der Waals surface area contributed by atoms with Gasteiger partial charge in [-0.05, 0) is 19.8 Å². The van der Waals surface area contributed by atoms with E-state index in [0.29, 0.717) is 0 Å². The average molecular weight is 274 g/mol. The lowest BCUT2D eigenvalue weighted by molar-refractivity contribution is -0.148. The van der Waals surface area contributed by atoms with Crippen molar-refractivity contribution in [3.05, 3.63) is 0 Å². The Morgan fingerprint density at radius 1 is 1.37 bits per heavy atom. The van der Waals surface area contributed by atoms with Gasteiger partial charge in [-0.25, -0.2) is 4.79 Å². The molecular formula is C12H22N2O5. The minimum Gasteiger partial charge on any atom is -0.481 e. The number of ether oxygens (including phenoxy) is 1. The maximum absolute atomic E-state index is 11.7. The molecular weight excluding hydrogens is 252 g/mol. The maximum Gasteiger partial charge on any atom is 0.328 e. The zero-order valence-electron chi connectivity index (χ0n) is 11.3. The van der Waals surface area contributed by atoms with E-state index in [1.807, 2.05) is 6.92 Å². The maximum atomic E-state index is 11.7. The molecule has 0 heterocycles. The topological polar surface area (TPSA) is 119 Å². The number of carbonyl (C=O) groups is 3. The molecule has 0 aliphatic carbocycles. The van der Waals surface area contributed by atoms with Crippen LogP contribution in [0.3, 0.4) is 0 Å². The summed E-state index contributed by atoms with van der Waals surface area (Å²) in [7, 11) is 0. The summed E-state index contributed by atoms with van der Waals surface area (Å²) in [6, 6.07) is -1.73. The molecule has 110 valence electrons. The van der Waals surface area contributed by atoms with Crippen molar-refractivity contribution < 1.29 is 24.2 Å². The number of rotatable bonds is 9. The lowest BCUT2D eigenvalue weighted by Gasteiger charge is -2.18. The third-order valence-corrected chi connectivity index (χ3v) is 2.40. The van der Waals surface area contributed by atoms with E-state index in [0.717, 1.165) is 12.8 Å². The normalized spacial score (nSPS) is 13.4. The Bertz CT molecular complexity index is 317. The lowest BCUT2D eigenvalue weighted by Crippen LogP contribution is -2.48. The molecule has 0 saturated heterocycles. The van der Waals surface area contributed by atoms with E-state index in [4.69, 9.17) is 15.6 Å². The monoisotopic (exact) mass is 274 g/mol. The Morgan fingerprint density at radius 3 is 2.47 bits per heavy atom. The van der Waals surface area contributed by atoms with Crippen molar-refractivity contribution in [1.82, 2.24) is 5.32 Å². The van der Waals surface area contributed by atoms with Gasteiger partial charge >= 0.3 is 11.9 Å². The Morgan fingerprint density at radius 2 is 2.00 bits per heavy atom. The van der Waals surface area contributed by atoms with Crippen LogP contribution in [-0.2, 0) is 19.1 Å². The molecule has 0 aromatic carbocycles. The highest BCUT2D eigenvalue weighted by Gasteiger charge is 2.24. The molecule has 0 aliphatic heterocycles. The standard InChI is InChI=1S/C12H22N2O5/c1-3-4-7-19-12(18)9(5-6-10(15)16)14-11(17)8(2)13/h8-9H,3-7,13H2,1-2H3,(H,14,17)(H,15,16). The van der Waals surface area contributed by atoms with Crippen molar-refractivity contribution in [2.24, 2.45) is 5.73 Å². The van der Waals surface area contributed by atoms with Gasteiger partial charge < -0.3 is 20.9 Å². The van der Waals surface area contributed by atoms with E-state index >= 15 is 0 Å². The summed E-state index contributed by atoms with van der Waals surface area (Å²) < 4.78 is 4.97. The minimum absolute atomic E-state index is 0.0151. The van der Waals surface area contributed by atoms with Crippen LogP contribution in [0.2, 0.25) is 0 Å². The predicted octanol–water partition coefficient (Wildman–Crippen LogP) is 0.0265. The fourth-order valence-electron chi connectivity index (χ4n) is 1.24. The first-order valence-corrected chi connectivity index (χ1v) is 6.32. The number of esters is 1. The van der Waals surface area contributed by atoms with Crippen LogP contribution in [0.15, 0.2) is 0 Å².